The van der Waals surface area contributed by atoms with E-state index < -0.39 is 23.8 Å². The predicted octanol–water partition coefficient (Wildman–Crippen LogP) is 3.76. The van der Waals surface area contributed by atoms with E-state index in [0.717, 1.165) is 18.4 Å². The molecule has 0 spiro atoms. The maximum Gasteiger partial charge on any atom is 0.407 e. The first-order valence-corrected chi connectivity index (χ1v) is 10.3. The summed E-state index contributed by atoms with van der Waals surface area (Å²) in [5.41, 5.74) is 1.64. The molecule has 3 rings (SSSR count). The number of amides is 1. The minimum absolute atomic E-state index is 0.0640. The molecule has 0 aromatic heterocycles. The second kappa shape index (κ2) is 8.97. The van der Waals surface area contributed by atoms with E-state index in [4.69, 9.17) is 4.74 Å². The maximum absolute atomic E-state index is 12.3. The Morgan fingerprint density at radius 2 is 1.66 bits per heavy atom. The summed E-state index contributed by atoms with van der Waals surface area (Å²) in [6.07, 6.45) is 1.37. The molecular formula is C24H32N2O3. The highest BCUT2D eigenvalue weighted by Crippen LogP contribution is 2.45. The number of carbonyl (C=O) groups excluding carboxylic acids is 1. The van der Waals surface area contributed by atoms with E-state index in [1.165, 1.54) is 5.56 Å². The highest BCUT2D eigenvalue weighted by molar-refractivity contribution is 5.68. The zero-order chi connectivity index (χ0) is 20.9. The van der Waals surface area contributed by atoms with Crippen molar-refractivity contribution in [1.29, 1.82) is 0 Å². The van der Waals surface area contributed by atoms with Crippen LogP contribution in [0.1, 0.15) is 44.7 Å². The summed E-state index contributed by atoms with van der Waals surface area (Å²) >= 11 is 0. The number of hydrogen-bond donors (Lipinski definition) is 3. The number of carbonyl (C=O) groups is 1. The van der Waals surface area contributed by atoms with Crippen LogP contribution in [0.2, 0.25) is 0 Å². The molecule has 5 nitrogen and oxygen atoms in total. The molecule has 1 amide bonds. The molecule has 1 aliphatic carbocycles. The molecule has 1 fully saturated rings. The van der Waals surface area contributed by atoms with Gasteiger partial charge in [0.1, 0.15) is 5.60 Å². The van der Waals surface area contributed by atoms with Crippen LogP contribution < -0.4 is 10.6 Å². The molecule has 2 aromatic carbocycles. The molecule has 2 aromatic rings. The van der Waals surface area contributed by atoms with Gasteiger partial charge in [0.25, 0.3) is 0 Å². The van der Waals surface area contributed by atoms with Crippen molar-refractivity contribution in [3.8, 4) is 0 Å². The summed E-state index contributed by atoms with van der Waals surface area (Å²) in [6.45, 7) is 5.87. The molecule has 5 heteroatoms. The second-order valence-corrected chi connectivity index (χ2v) is 8.84. The summed E-state index contributed by atoms with van der Waals surface area (Å²) in [7, 11) is 0. The first-order chi connectivity index (χ1) is 13.8. The van der Waals surface area contributed by atoms with Crippen LogP contribution in [0.15, 0.2) is 60.7 Å². The molecule has 0 radical (unpaired) electrons. The summed E-state index contributed by atoms with van der Waals surface area (Å²) in [4.78, 5) is 12.3. The van der Waals surface area contributed by atoms with Crippen molar-refractivity contribution in [2.24, 2.45) is 0 Å². The van der Waals surface area contributed by atoms with Crippen LogP contribution in [0, 0.1) is 0 Å². The van der Waals surface area contributed by atoms with Crippen LogP contribution in [-0.4, -0.2) is 35.5 Å². The van der Waals surface area contributed by atoms with Crippen LogP contribution in [0.25, 0.3) is 0 Å². The van der Waals surface area contributed by atoms with Crippen LogP contribution in [0.4, 0.5) is 4.79 Å². The van der Waals surface area contributed by atoms with Gasteiger partial charge < -0.3 is 20.5 Å². The molecule has 1 saturated carbocycles. The number of nitrogens with one attached hydrogen (secondary N) is 2. The number of ether oxygens (including phenoxy) is 1. The number of hydrogen-bond acceptors (Lipinski definition) is 4. The Hall–Kier alpha value is -2.37. The molecule has 0 saturated heterocycles. The minimum Gasteiger partial charge on any atom is -0.444 e. The Morgan fingerprint density at radius 1 is 1.07 bits per heavy atom. The number of benzene rings is 2. The lowest BCUT2D eigenvalue weighted by Gasteiger charge is -2.28. The molecule has 0 unspecified atom stereocenters. The second-order valence-electron chi connectivity index (χ2n) is 8.84. The van der Waals surface area contributed by atoms with Gasteiger partial charge >= 0.3 is 6.09 Å². The molecule has 0 aliphatic heterocycles. The Bertz CT molecular complexity index is 783. The van der Waals surface area contributed by atoms with Crippen molar-refractivity contribution in [2.45, 2.75) is 63.3 Å². The highest BCUT2D eigenvalue weighted by atomic mass is 16.6. The third-order valence-electron chi connectivity index (χ3n) is 5.19. The Labute approximate surface area is 173 Å². The smallest absolute Gasteiger partial charge is 0.407 e. The Kier molecular flexibility index (Phi) is 6.60. The molecule has 0 heterocycles. The standard InChI is InChI=1S/C24H32N2O3/c1-23(2,3)29-22(28)26-20(16-18-10-6-4-7-11-18)21(27)17-25-24(14-15-24)19-12-8-5-9-13-19/h4-13,20-21,25,27H,14-17H2,1-3H3,(H,26,28)/t20-,21+/m0/s1. The first-order valence-electron chi connectivity index (χ1n) is 10.3. The average Bonchev–Trinajstić information content (AvgIpc) is 3.47. The topological polar surface area (TPSA) is 70.6 Å². The fourth-order valence-corrected chi connectivity index (χ4v) is 3.50. The van der Waals surface area contributed by atoms with Crippen LogP contribution in [0.3, 0.4) is 0 Å². The monoisotopic (exact) mass is 396 g/mol. The van der Waals surface area contributed by atoms with E-state index in [1.807, 2.05) is 69.3 Å². The Morgan fingerprint density at radius 3 is 2.21 bits per heavy atom. The van der Waals surface area contributed by atoms with Crippen molar-refractivity contribution < 1.29 is 14.6 Å². The molecule has 29 heavy (non-hydrogen) atoms. The van der Waals surface area contributed by atoms with Crippen molar-refractivity contribution in [1.82, 2.24) is 10.6 Å². The van der Waals surface area contributed by atoms with E-state index in [0.29, 0.717) is 13.0 Å². The molecule has 2 atom stereocenters. The normalized spacial score (nSPS) is 17.2. The van der Waals surface area contributed by atoms with Gasteiger partial charge in [0.15, 0.2) is 0 Å². The van der Waals surface area contributed by atoms with E-state index in [9.17, 15) is 9.90 Å². The number of alkyl carbamates (subject to hydrolysis) is 1. The van der Waals surface area contributed by atoms with E-state index >= 15 is 0 Å². The summed E-state index contributed by atoms with van der Waals surface area (Å²) < 4.78 is 5.40. The largest absolute Gasteiger partial charge is 0.444 e. The van der Waals surface area contributed by atoms with Crippen molar-refractivity contribution in [3.63, 3.8) is 0 Å². The quantitative estimate of drug-likeness (QED) is 0.635. The predicted molar refractivity (Wildman–Crippen MR) is 115 cm³/mol. The molecule has 1 aliphatic rings. The van der Waals surface area contributed by atoms with Gasteiger partial charge in [-0.3, -0.25) is 0 Å². The molecule has 156 valence electrons. The van der Waals surface area contributed by atoms with Gasteiger partial charge in [-0.1, -0.05) is 60.7 Å². The summed E-state index contributed by atoms with van der Waals surface area (Å²) in [5, 5.41) is 17.3. The van der Waals surface area contributed by atoms with Crippen LogP contribution >= 0.6 is 0 Å². The maximum atomic E-state index is 12.3. The zero-order valence-electron chi connectivity index (χ0n) is 17.5. The lowest BCUT2D eigenvalue weighted by atomic mass is 10.00. The molecular weight excluding hydrogens is 364 g/mol. The van der Waals surface area contributed by atoms with E-state index in [2.05, 4.69) is 22.8 Å². The highest BCUT2D eigenvalue weighted by Gasteiger charge is 2.44. The van der Waals surface area contributed by atoms with Gasteiger partial charge in [0, 0.05) is 12.1 Å². The van der Waals surface area contributed by atoms with Gasteiger partial charge in [0.2, 0.25) is 0 Å². The van der Waals surface area contributed by atoms with E-state index in [-0.39, 0.29) is 5.54 Å². The van der Waals surface area contributed by atoms with Gasteiger partial charge in [-0.2, -0.15) is 0 Å². The van der Waals surface area contributed by atoms with Gasteiger partial charge in [0.05, 0.1) is 12.1 Å². The van der Waals surface area contributed by atoms with Crippen LogP contribution in [-0.2, 0) is 16.7 Å². The van der Waals surface area contributed by atoms with Crippen molar-refractivity contribution in [2.75, 3.05) is 6.54 Å². The third-order valence-corrected chi connectivity index (χ3v) is 5.19. The Balaban J connectivity index is 1.65. The number of rotatable bonds is 8. The SMILES string of the molecule is CC(C)(C)OC(=O)N[C@@H](Cc1ccccc1)[C@H](O)CNC1(c2ccccc2)CC1. The third kappa shape index (κ3) is 6.31. The number of aliphatic hydroxyl groups is 1. The van der Waals surface area contributed by atoms with E-state index in [1.54, 1.807) is 0 Å². The fraction of sp³-hybridized carbons (Fsp3) is 0.458. The van der Waals surface area contributed by atoms with Gasteiger partial charge in [-0.25, -0.2) is 4.79 Å². The first kappa shape index (κ1) is 21.3. The lowest BCUT2D eigenvalue weighted by Crippen LogP contribution is -2.51. The van der Waals surface area contributed by atoms with Crippen LogP contribution in [0.5, 0.6) is 0 Å². The minimum atomic E-state index is -0.746. The van der Waals surface area contributed by atoms with Crippen molar-refractivity contribution >= 4 is 6.09 Å². The molecule has 3 N–H and O–H groups in total. The average molecular weight is 397 g/mol. The summed E-state index contributed by atoms with van der Waals surface area (Å²) in [5.74, 6) is 0. The van der Waals surface area contributed by atoms with Gasteiger partial charge in [-0.15, -0.1) is 0 Å². The zero-order valence-corrected chi connectivity index (χ0v) is 17.5. The van der Waals surface area contributed by atoms with Crippen molar-refractivity contribution in [3.05, 3.63) is 71.8 Å². The molecule has 0 bridgehead atoms. The number of aliphatic hydroxyl groups excluding tert-OH is 1. The lowest BCUT2D eigenvalue weighted by molar-refractivity contribution is 0.0419. The van der Waals surface area contributed by atoms with Gasteiger partial charge in [-0.05, 0) is 51.2 Å². The summed E-state index contributed by atoms with van der Waals surface area (Å²) in [6, 6.07) is 19.7. The fourth-order valence-electron chi connectivity index (χ4n) is 3.50.